The van der Waals surface area contributed by atoms with Crippen LogP contribution in [0.15, 0.2) is 24.3 Å². The third-order valence-corrected chi connectivity index (χ3v) is 3.11. The van der Waals surface area contributed by atoms with Crippen LogP contribution in [0.1, 0.15) is 31.9 Å². The lowest BCUT2D eigenvalue weighted by Crippen LogP contribution is -2.39. The van der Waals surface area contributed by atoms with Crippen LogP contribution in [0.5, 0.6) is 0 Å². The molecule has 106 valence electrons. The fraction of sp³-hybridized carbons (Fsp3) is 0.562. The molecule has 1 amide bonds. The first-order valence-electron chi connectivity index (χ1n) is 7.09. The zero-order valence-corrected chi connectivity index (χ0v) is 12.6. The summed E-state index contributed by atoms with van der Waals surface area (Å²) in [5.41, 5.74) is 2.30. The van der Waals surface area contributed by atoms with Crippen molar-refractivity contribution in [1.29, 1.82) is 0 Å². The van der Waals surface area contributed by atoms with Crippen molar-refractivity contribution in [1.82, 2.24) is 10.2 Å². The maximum absolute atomic E-state index is 12.2. The quantitative estimate of drug-likeness (QED) is 0.818. The molecule has 19 heavy (non-hydrogen) atoms. The topological polar surface area (TPSA) is 32.3 Å². The molecule has 0 aliphatic carbocycles. The maximum Gasteiger partial charge on any atom is 0.227 e. The van der Waals surface area contributed by atoms with E-state index in [1.54, 1.807) is 0 Å². The van der Waals surface area contributed by atoms with Crippen LogP contribution in [-0.2, 0) is 11.2 Å². The first-order valence-corrected chi connectivity index (χ1v) is 7.09. The molecule has 1 aromatic carbocycles. The van der Waals surface area contributed by atoms with Crippen molar-refractivity contribution in [2.45, 2.75) is 40.2 Å². The molecule has 0 fully saturated rings. The van der Waals surface area contributed by atoms with Crippen LogP contribution in [0.4, 0.5) is 0 Å². The Morgan fingerprint density at radius 2 is 2.11 bits per heavy atom. The van der Waals surface area contributed by atoms with Crippen molar-refractivity contribution in [3.8, 4) is 0 Å². The van der Waals surface area contributed by atoms with E-state index in [1.807, 2.05) is 24.0 Å². The molecule has 0 radical (unpaired) electrons. The van der Waals surface area contributed by atoms with Gasteiger partial charge in [0.1, 0.15) is 0 Å². The van der Waals surface area contributed by atoms with E-state index in [0.29, 0.717) is 12.5 Å². The van der Waals surface area contributed by atoms with Crippen molar-refractivity contribution in [3.05, 3.63) is 35.4 Å². The van der Waals surface area contributed by atoms with E-state index in [0.717, 1.165) is 25.2 Å². The molecule has 0 aliphatic rings. The second-order valence-electron chi connectivity index (χ2n) is 5.25. The number of hydrogen-bond donors (Lipinski definition) is 1. The number of carbonyl (C=O) groups excluding carboxylic acids is 1. The maximum atomic E-state index is 12.2. The Bertz CT molecular complexity index is 401. The molecule has 1 N–H and O–H groups in total. The highest BCUT2D eigenvalue weighted by molar-refractivity contribution is 5.78. The highest BCUT2D eigenvalue weighted by Crippen LogP contribution is 2.06. The minimum Gasteiger partial charge on any atom is -0.341 e. The summed E-state index contributed by atoms with van der Waals surface area (Å²) in [6.45, 7) is 10.7. The van der Waals surface area contributed by atoms with Crippen molar-refractivity contribution in [2.24, 2.45) is 0 Å². The van der Waals surface area contributed by atoms with E-state index in [9.17, 15) is 4.79 Å². The summed E-state index contributed by atoms with van der Waals surface area (Å²) in [6, 6.07) is 8.63. The molecule has 0 aliphatic heterocycles. The smallest absolute Gasteiger partial charge is 0.227 e. The molecule has 3 heteroatoms. The number of aryl methyl sites for hydroxylation is 1. The zero-order chi connectivity index (χ0) is 14.3. The Morgan fingerprint density at radius 3 is 2.68 bits per heavy atom. The van der Waals surface area contributed by atoms with E-state index in [-0.39, 0.29) is 5.91 Å². The van der Waals surface area contributed by atoms with E-state index in [1.165, 1.54) is 5.56 Å². The standard InChI is InChI=1S/C16H26N2O/c1-5-18(10-9-17-13(2)3)16(19)12-15-8-6-7-14(4)11-15/h6-8,11,13,17H,5,9-10,12H2,1-4H3. The molecule has 0 aromatic heterocycles. The zero-order valence-electron chi connectivity index (χ0n) is 12.6. The molecule has 0 unspecified atom stereocenters. The fourth-order valence-corrected chi connectivity index (χ4v) is 2.06. The van der Waals surface area contributed by atoms with E-state index in [2.05, 4.69) is 38.2 Å². The van der Waals surface area contributed by atoms with Crippen molar-refractivity contribution >= 4 is 5.91 Å². The van der Waals surface area contributed by atoms with Crippen LogP contribution >= 0.6 is 0 Å². The molecule has 0 heterocycles. The Balaban J connectivity index is 2.49. The normalized spacial score (nSPS) is 10.8. The number of nitrogens with zero attached hydrogens (tertiary/aromatic N) is 1. The number of rotatable bonds is 7. The summed E-state index contributed by atoms with van der Waals surface area (Å²) in [6.07, 6.45) is 0.497. The van der Waals surface area contributed by atoms with Gasteiger partial charge in [0.05, 0.1) is 6.42 Å². The highest BCUT2D eigenvalue weighted by atomic mass is 16.2. The highest BCUT2D eigenvalue weighted by Gasteiger charge is 2.12. The summed E-state index contributed by atoms with van der Waals surface area (Å²) < 4.78 is 0. The molecule has 0 bridgehead atoms. The van der Waals surface area contributed by atoms with Gasteiger partial charge in [0.25, 0.3) is 0 Å². The minimum atomic E-state index is 0.207. The number of carbonyl (C=O) groups is 1. The van der Waals surface area contributed by atoms with Crippen molar-refractivity contribution < 1.29 is 4.79 Å². The Morgan fingerprint density at radius 1 is 1.37 bits per heavy atom. The third kappa shape index (κ3) is 5.88. The van der Waals surface area contributed by atoms with Crippen LogP contribution in [0.3, 0.4) is 0 Å². The van der Waals surface area contributed by atoms with E-state index >= 15 is 0 Å². The minimum absolute atomic E-state index is 0.207. The number of hydrogen-bond acceptors (Lipinski definition) is 2. The van der Waals surface area contributed by atoms with Gasteiger partial charge >= 0.3 is 0 Å². The average Bonchev–Trinajstić information content (AvgIpc) is 2.34. The van der Waals surface area contributed by atoms with E-state index in [4.69, 9.17) is 0 Å². The van der Waals surface area contributed by atoms with E-state index < -0.39 is 0 Å². The predicted molar refractivity (Wildman–Crippen MR) is 80.3 cm³/mol. The molecular weight excluding hydrogens is 236 g/mol. The summed E-state index contributed by atoms with van der Waals surface area (Å²) >= 11 is 0. The number of nitrogens with one attached hydrogen (secondary N) is 1. The van der Waals surface area contributed by atoms with Crippen LogP contribution in [0.25, 0.3) is 0 Å². The predicted octanol–water partition coefficient (Wildman–Crippen LogP) is 2.38. The summed E-state index contributed by atoms with van der Waals surface area (Å²) in [7, 11) is 0. The van der Waals surface area contributed by atoms with Gasteiger partial charge in [-0.2, -0.15) is 0 Å². The van der Waals surface area contributed by atoms with Gasteiger partial charge in [0.2, 0.25) is 5.91 Å². The number of likely N-dealkylation sites (N-methyl/N-ethyl adjacent to an activating group) is 1. The molecule has 0 spiro atoms. The van der Waals surface area contributed by atoms with Gasteiger partial charge in [-0.1, -0.05) is 43.7 Å². The van der Waals surface area contributed by atoms with Gasteiger partial charge in [0, 0.05) is 25.7 Å². The third-order valence-electron chi connectivity index (χ3n) is 3.11. The SMILES string of the molecule is CCN(CCNC(C)C)C(=O)Cc1cccc(C)c1. The van der Waals surface area contributed by atoms with Gasteiger partial charge in [-0.25, -0.2) is 0 Å². The molecule has 1 rings (SSSR count). The molecule has 0 saturated carbocycles. The van der Waals surface area contributed by atoms with Crippen LogP contribution in [-0.4, -0.2) is 36.5 Å². The average molecular weight is 262 g/mol. The number of amides is 1. The second kappa shape index (κ2) is 7.95. The number of benzene rings is 1. The lowest BCUT2D eigenvalue weighted by atomic mass is 10.1. The monoisotopic (exact) mass is 262 g/mol. The molecule has 0 saturated heterocycles. The Labute approximate surface area is 117 Å². The lowest BCUT2D eigenvalue weighted by molar-refractivity contribution is -0.130. The van der Waals surface area contributed by atoms with Crippen molar-refractivity contribution in [3.63, 3.8) is 0 Å². The molecule has 0 atom stereocenters. The summed E-state index contributed by atoms with van der Waals surface area (Å²) in [4.78, 5) is 14.1. The summed E-state index contributed by atoms with van der Waals surface area (Å²) in [5, 5.41) is 3.34. The van der Waals surface area contributed by atoms with Crippen LogP contribution in [0.2, 0.25) is 0 Å². The molecule has 1 aromatic rings. The second-order valence-corrected chi connectivity index (χ2v) is 5.25. The first-order chi connectivity index (χ1) is 9.02. The van der Waals surface area contributed by atoms with Crippen LogP contribution < -0.4 is 5.32 Å². The van der Waals surface area contributed by atoms with Gasteiger partial charge in [0.15, 0.2) is 0 Å². The van der Waals surface area contributed by atoms with Gasteiger partial charge in [-0.15, -0.1) is 0 Å². The molecular formula is C16H26N2O. The molecule has 3 nitrogen and oxygen atoms in total. The van der Waals surface area contributed by atoms with Gasteiger partial charge in [-0.3, -0.25) is 4.79 Å². The first kappa shape index (κ1) is 15.7. The largest absolute Gasteiger partial charge is 0.341 e. The van der Waals surface area contributed by atoms with Gasteiger partial charge < -0.3 is 10.2 Å². The Kier molecular flexibility index (Phi) is 6.57. The fourth-order valence-electron chi connectivity index (χ4n) is 2.06. The van der Waals surface area contributed by atoms with Crippen LogP contribution in [0, 0.1) is 6.92 Å². The summed E-state index contributed by atoms with van der Waals surface area (Å²) in [5.74, 6) is 0.207. The lowest BCUT2D eigenvalue weighted by Gasteiger charge is -2.22. The van der Waals surface area contributed by atoms with Crippen molar-refractivity contribution in [2.75, 3.05) is 19.6 Å². The van der Waals surface area contributed by atoms with Gasteiger partial charge in [-0.05, 0) is 19.4 Å². The Hall–Kier alpha value is -1.35.